The molecule has 0 fully saturated rings. The van der Waals surface area contributed by atoms with E-state index in [2.05, 4.69) is 0 Å². The van der Waals surface area contributed by atoms with Gasteiger partial charge in [0.15, 0.2) is 0 Å². The smallest absolute Gasteiger partial charge is 0.263 e. The van der Waals surface area contributed by atoms with Gasteiger partial charge in [0.25, 0.3) is 5.56 Å². The Morgan fingerprint density at radius 3 is 2.25 bits per heavy atom. The monoisotopic (exact) mass is 364 g/mol. The van der Waals surface area contributed by atoms with Gasteiger partial charge in [0.2, 0.25) is 0 Å². The van der Waals surface area contributed by atoms with Crippen molar-refractivity contribution < 1.29 is 4.39 Å². The van der Waals surface area contributed by atoms with Crippen molar-refractivity contribution in [2.75, 3.05) is 0 Å². The zero-order valence-electron chi connectivity index (χ0n) is 14.7. The molecule has 3 aromatic carbocycles. The molecule has 3 heterocycles. The molecule has 3 nitrogen and oxygen atoms in total. The Balaban J connectivity index is 1.94. The van der Waals surface area contributed by atoms with Crippen molar-refractivity contribution in [3.63, 3.8) is 0 Å². The van der Waals surface area contributed by atoms with Crippen molar-refractivity contribution in [1.82, 2.24) is 9.38 Å². The molecule has 0 aliphatic carbocycles. The molecule has 0 saturated carbocycles. The standard InChI is InChI=1S/C24H13FN2O/c25-15-11-9-14(10-12-15)19-13-26-22-16-5-1-2-6-17(16)24(28)27-20-8-4-3-7-18(20)21(19)23(22)27/h1-13H. The number of halogens is 1. The molecule has 6 rings (SSSR count). The zero-order chi connectivity index (χ0) is 18.8. The Morgan fingerprint density at radius 2 is 1.46 bits per heavy atom. The largest absolute Gasteiger partial charge is 0.273 e. The van der Waals surface area contributed by atoms with E-state index in [0.29, 0.717) is 5.39 Å². The van der Waals surface area contributed by atoms with Gasteiger partial charge in [-0.15, -0.1) is 0 Å². The van der Waals surface area contributed by atoms with Crippen LogP contribution in [0.25, 0.3) is 49.2 Å². The summed E-state index contributed by atoms with van der Waals surface area (Å²) in [6, 6.07) is 21.8. The van der Waals surface area contributed by atoms with Crippen LogP contribution >= 0.6 is 0 Å². The van der Waals surface area contributed by atoms with Gasteiger partial charge in [-0.3, -0.25) is 14.2 Å². The fourth-order valence-corrected chi connectivity index (χ4v) is 4.24. The lowest BCUT2D eigenvalue weighted by Crippen LogP contribution is -2.13. The van der Waals surface area contributed by atoms with Gasteiger partial charge in [-0.25, -0.2) is 4.39 Å². The molecule has 0 spiro atoms. The minimum atomic E-state index is -0.280. The summed E-state index contributed by atoms with van der Waals surface area (Å²) in [4.78, 5) is 18.1. The second-order valence-corrected chi connectivity index (χ2v) is 6.95. The highest BCUT2D eigenvalue weighted by molar-refractivity contribution is 6.22. The minimum Gasteiger partial charge on any atom is -0.273 e. The van der Waals surface area contributed by atoms with Gasteiger partial charge in [0.05, 0.1) is 16.6 Å². The molecular weight excluding hydrogens is 351 g/mol. The molecule has 0 aliphatic rings. The summed E-state index contributed by atoms with van der Waals surface area (Å²) in [7, 11) is 0. The average molecular weight is 364 g/mol. The van der Waals surface area contributed by atoms with E-state index in [9.17, 15) is 9.18 Å². The van der Waals surface area contributed by atoms with Crippen LogP contribution in [-0.2, 0) is 0 Å². The molecule has 0 unspecified atom stereocenters. The Morgan fingerprint density at radius 1 is 0.786 bits per heavy atom. The van der Waals surface area contributed by atoms with Crippen LogP contribution in [-0.4, -0.2) is 9.38 Å². The first-order chi connectivity index (χ1) is 13.7. The van der Waals surface area contributed by atoms with Crippen LogP contribution in [0.1, 0.15) is 0 Å². The third-order valence-corrected chi connectivity index (χ3v) is 5.46. The van der Waals surface area contributed by atoms with Crippen molar-refractivity contribution in [2.24, 2.45) is 0 Å². The van der Waals surface area contributed by atoms with E-state index in [1.807, 2.05) is 54.7 Å². The molecule has 0 aliphatic heterocycles. The number of pyridine rings is 2. The topological polar surface area (TPSA) is 34.4 Å². The van der Waals surface area contributed by atoms with Crippen LogP contribution < -0.4 is 5.56 Å². The van der Waals surface area contributed by atoms with Gasteiger partial charge in [0, 0.05) is 33.3 Å². The normalized spacial score (nSPS) is 11.9. The number of rotatable bonds is 1. The predicted molar refractivity (Wildman–Crippen MR) is 111 cm³/mol. The van der Waals surface area contributed by atoms with E-state index in [4.69, 9.17) is 4.98 Å². The van der Waals surface area contributed by atoms with Crippen molar-refractivity contribution in [1.29, 1.82) is 0 Å². The highest BCUT2D eigenvalue weighted by Crippen LogP contribution is 2.38. The summed E-state index contributed by atoms with van der Waals surface area (Å²) >= 11 is 0. The fourth-order valence-electron chi connectivity index (χ4n) is 4.24. The summed E-state index contributed by atoms with van der Waals surface area (Å²) in [5.41, 5.74) is 4.18. The first-order valence-electron chi connectivity index (χ1n) is 9.06. The van der Waals surface area contributed by atoms with E-state index in [0.717, 1.165) is 43.8 Å². The maximum absolute atomic E-state index is 13.5. The van der Waals surface area contributed by atoms with Gasteiger partial charge < -0.3 is 0 Å². The second-order valence-electron chi connectivity index (χ2n) is 6.95. The lowest BCUT2D eigenvalue weighted by Gasteiger charge is -2.09. The van der Waals surface area contributed by atoms with Gasteiger partial charge in [-0.05, 0) is 29.8 Å². The van der Waals surface area contributed by atoms with Gasteiger partial charge in [0.1, 0.15) is 5.82 Å². The van der Waals surface area contributed by atoms with Crippen LogP contribution in [0, 0.1) is 5.82 Å². The maximum Gasteiger partial charge on any atom is 0.263 e. The Bertz CT molecular complexity index is 1580. The molecule has 0 saturated heterocycles. The first-order valence-corrected chi connectivity index (χ1v) is 9.06. The van der Waals surface area contributed by atoms with E-state index >= 15 is 0 Å². The number of para-hydroxylation sites is 1. The zero-order valence-corrected chi connectivity index (χ0v) is 14.7. The summed E-state index contributed by atoms with van der Waals surface area (Å²) in [5.74, 6) is -0.280. The average Bonchev–Trinajstić information content (AvgIpc) is 3.09. The van der Waals surface area contributed by atoms with Crippen LogP contribution in [0.5, 0.6) is 0 Å². The van der Waals surface area contributed by atoms with E-state index in [1.54, 1.807) is 16.5 Å². The third kappa shape index (κ3) is 1.86. The number of aromatic nitrogens is 2. The Labute approximate surface area is 158 Å². The van der Waals surface area contributed by atoms with E-state index < -0.39 is 0 Å². The summed E-state index contributed by atoms with van der Waals surface area (Å²) < 4.78 is 15.2. The molecule has 132 valence electrons. The molecule has 3 aromatic heterocycles. The second kappa shape index (κ2) is 5.36. The minimum absolute atomic E-state index is 0.0487. The van der Waals surface area contributed by atoms with Crippen LogP contribution in [0.2, 0.25) is 0 Å². The molecule has 4 heteroatoms. The molecule has 0 amide bonds. The lowest BCUT2D eigenvalue weighted by molar-refractivity contribution is 0.628. The highest BCUT2D eigenvalue weighted by Gasteiger charge is 2.20. The van der Waals surface area contributed by atoms with Crippen molar-refractivity contribution >= 4 is 38.1 Å². The Kier molecular flexibility index (Phi) is 2.93. The molecule has 0 N–H and O–H groups in total. The van der Waals surface area contributed by atoms with E-state index in [1.165, 1.54) is 12.1 Å². The number of hydrogen-bond donors (Lipinski definition) is 0. The van der Waals surface area contributed by atoms with Gasteiger partial charge >= 0.3 is 0 Å². The maximum atomic E-state index is 13.5. The SMILES string of the molecule is O=c1c2ccccc2c2ncc(-c3ccc(F)cc3)c3c4ccccc4n1c23. The van der Waals surface area contributed by atoms with Gasteiger partial charge in [-0.1, -0.05) is 48.5 Å². The van der Waals surface area contributed by atoms with E-state index in [-0.39, 0.29) is 11.4 Å². The number of fused-ring (bicyclic) bond motifs is 5. The van der Waals surface area contributed by atoms with Crippen LogP contribution in [0.15, 0.2) is 83.8 Å². The third-order valence-electron chi connectivity index (χ3n) is 5.46. The highest BCUT2D eigenvalue weighted by atomic mass is 19.1. The number of benzene rings is 3. The first kappa shape index (κ1) is 15.3. The molecule has 0 bridgehead atoms. The predicted octanol–water partition coefficient (Wildman–Crippen LogP) is 5.40. The van der Waals surface area contributed by atoms with Crippen molar-refractivity contribution in [3.8, 4) is 11.1 Å². The molecule has 0 radical (unpaired) electrons. The van der Waals surface area contributed by atoms with Crippen LogP contribution in [0.4, 0.5) is 4.39 Å². The fraction of sp³-hybridized carbons (Fsp3) is 0. The Hall–Kier alpha value is -3.79. The number of hydrogen-bond acceptors (Lipinski definition) is 2. The molecular formula is C24H13FN2O. The summed E-state index contributed by atoms with van der Waals surface area (Å²) in [6.07, 6.45) is 1.83. The van der Waals surface area contributed by atoms with Crippen molar-refractivity contribution in [2.45, 2.75) is 0 Å². The lowest BCUT2D eigenvalue weighted by atomic mass is 10.00. The van der Waals surface area contributed by atoms with Crippen LogP contribution in [0.3, 0.4) is 0 Å². The molecule has 28 heavy (non-hydrogen) atoms. The molecule has 6 aromatic rings. The summed E-state index contributed by atoms with van der Waals surface area (Å²) in [5, 5.41) is 3.45. The molecule has 0 atom stereocenters. The van der Waals surface area contributed by atoms with Gasteiger partial charge in [-0.2, -0.15) is 0 Å². The van der Waals surface area contributed by atoms with Crippen molar-refractivity contribution in [3.05, 3.63) is 95.2 Å². The summed E-state index contributed by atoms with van der Waals surface area (Å²) in [6.45, 7) is 0. The number of nitrogens with zero attached hydrogens (tertiary/aromatic N) is 2. The quantitative estimate of drug-likeness (QED) is 0.366.